The number of benzene rings is 2. The maximum atomic E-state index is 11.6. The van der Waals surface area contributed by atoms with E-state index in [9.17, 15) is 4.79 Å². The summed E-state index contributed by atoms with van der Waals surface area (Å²) in [7, 11) is 0. The van der Waals surface area contributed by atoms with Gasteiger partial charge in [-0.2, -0.15) is 5.10 Å². The van der Waals surface area contributed by atoms with E-state index in [1.807, 2.05) is 36.4 Å². The van der Waals surface area contributed by atoms with E-state index in [-0.39, 0.29) is 12.5 Å². The number of nitrogens with zero attached hydrogens (tertiary/aromatic N) is 1. The molecule has 0 spiro atoms. The Balaban J connectivity index is 1.49. The van der Waals surface area contributed by atoms with Gasteiger partial charge in [0.1, 0.15) is 19.0 Å². The Bertz CT molecular complexity index is 701. The molecule has 0 saturated carbocycles. The lowest BCUT2D eigenvalue weighted by Gasteiger charge is -2.18. The molecule has 2 aromatic rings. The molecule has 23 heavy (non-hydrogen) atoms. The number of hydrogen-bond donors (Lipinski definition) is 1. The van der Waals surface area contributed by atoms with Crippen molar-refractivity contribution in [1.29, 1.82) is 0 Å². The Hall–Kier alpha value is -3.02. The molecule has 118 valence electrons. The number of fused-ring (bicyclic) bond motifs is 1. The third-order valence-electron chi connectivity index (χ3n) is 3.08. The van der Waals surface area contributed by atoms with Gasteiger partial charge in [-0.3, -0.25) is 4.79 Å². The second-order valence-electron chi connectivity index (χ2n) is 4.80. The second-order valence-corrected chi connectivity index (χ2v) is 4.80. The van der Waals surface area contributed by atoms with Crippen molar-refractivity contribution in [3.63, 3.8) is 0 Å². The van der Waals surface area contributed by atoms with Crippen LogP contribution in [-0.4, -0.2) is 31.9 Å². The van der Waals surface area contributed by atoms with Gasteiger partial charge in [-0.1, -0.05) is 18.2 Å². The average Bonchev–Trinajstić information content (AvgIpc) is 2.61. The lowest BCUT2D eigenvalue weighted by atomic mass is 10.2. The average molecular weight is 312 g/mol. The van der Waals surface area contributed by atoms with Crippen LogP contribution in [0.25, 0.3) is 0 Å². The van der Waals surface area contributed by atoms with Crippen LogP contribution in [0.1, 0.15) is 5.56 Å². The number of hydrazone groups is 1. The van der Waals surface area contributed by atoms with E-state index in [0.29, 0.717) is 30.5 Å². The first-order valence-electron chi connectivity index (χ1n) is 7.21. The number of carbonyl (C=O) groups excluding carboxylic acids is 1. The highest BCUT2D eigenvalue weighted by atomic mass is 16.6. The Morgan fingerprint density at radius 3 is 2.74 bits per heavy atom. The number of hydrogen-bond acceptors (Lipinski definition) is 5. The topological polar surface area (TPSA) is 69.2 Å². The normalized spacial score (nSPS) is 12.9. The molecule has 0 aliphatic carbocycles. The Labute approximate surface area is 133 Å². The van der Waals surface area contributed by atoms with Gasteiger partial charge < -0.3 is 14.2 Å². The lowest BCUT2D eigenvalue weighted by Crippen LogP contribution is -2.24. The smallest absolute Gasteiger partial charge is 0.277 e. The fraction of sp³-hybridized carbons (Fsp3) is 0.176. The first kappa shape index (κ1) is 14.9. The molecule has 2 aromatic carbocycles. The quantitative estimate of drug-likeness (QED) is 0.677. The van der Waals surface area contributed by atoms with E-state index < -0.39 is 0 Å². The van der Waals surface area contributed by atoms with Gasteiger partial charge in [-0.25, -0.2) is 5.43 Å². The standard InChI is InChI=1S/C17H16N2O4/c20-17(12-23-14-4-2-1-3-5-14)19-18-11-13-6-7-15-16(10-13)22-9-8-21-15/h1-7,10-11H,8-9,12H2,(H,19,20). The summed E-state index contributed by atoms with van der Waals surface area (Å²) in [4.78, 5) is 11.6. The number of ether oxygens (including phenoxy) is 3. The van der Waals surface area contributed by atoms with Gasteiger partial charge >= 0.3 is 0 Å². The summed E-state index contributed by atoms with van der Waals surface area (Å²) in [5.74, 6) is 1.70. The largest absolute Gasteiger partial charge is 0.486 e. The third-order valence-corrected chi connectivity index (χ3v) is 3.08. The fourth-order valence-corrected chi connectivity index (χ4v) is 2.02. The number of para-hydroxylation sites is 1. The summed E-state index contributed by atoms with van der Waals surface area (Å²) in [6, 6.07) is 14.6. The second kappa shape index (κ2) is 7.31. The summed E-state index contributed by atoms with van der Waals surface area (Å²) >= 11 is 0. The van der Waals surface area contributed by atoms with Crippen LogP contribution < -0.4 is 19.6 Å². The SMILES string of the molecule is O=C(COc1ccccc1)NN=Cc1ccc2c(c1)OCCO2. The highest BCUT2D eigenvalue weighted by molar-refractivity contribution is 5.83. The summed E-state index contributed by atoms with van der Waals surface area (Å²) in [5.41, 5.74) is 3.22. The number of carbonyl (C=O) groups is 1. The summed E-state index contributed by atoms with van der Waals surface area (Å²) in [6.07, 6.45) is 1.54. The fourth-order valence-electron chi connectivity index (χ4n) is 2.02. The van der Waals surface area contributed by atoms with Crippen LogP contribution in [0.3, 0.4) is 0 Å². The van der Waals surface area contributed by atoms with Crippen molar-refractivity contribution in [2.45, 2.75) is 0 Å². The Kier molecular flexibility index (Phi) is 4.73. The van der Waals surface area contributed by atoms with E-state index in [1.54, 1.807) is 18.3 Å². The van der Waals surface area contributed by atoms with Gasteiger partial charge in [0.25, 0.3) is 5.91 Å². The minimum Gasteiger partial charge on any atom is -0.486 e. The van der Waals surface area contributed by atoms with Crippen LogP contribution in [0.5, 0.6) is 17.2 Å². The van der Waals surface area contributed by atoms with Crippen LogP contribution in [-0.2, 0) is 4.79 Å². The predicted octanol–water partition coefficient (Wildman–Crippen LogP) is 1.99. The van der Waals surface area contributed by atoms with Crippen molar-refractivity contribution in [2.75, 3.05) is 19.8 Å². The van der Waals surface area contributed by atoms with Crippen LogP contribution in [0, 0.1) is 0 Å². The van der Waals surface area contributed by atoms with Gasteiger partial charge in [-0.15, -0.1) is 0 Å². The Morgan fingerprint density at radius 1 is 1.13 bits per heavy atom. The van der Waals surface area contributed by atoms with E-state index >= 15 is 0 Å². The van der Waals surface area contributed by atoms with Crippen molar-refractivity contribution < 1.29 is 19.0 Å². The van der Waals surface area contributed by atoms with E-state index in [1.165, 1.54) is 0 Å². The molecule has 0 aromatic heterocycles. The van der Waals surface area contributed by atoms with Gasteiger partial charge in [0, 0.05) is 0 Å². The molecule has 6 nitrogen and oxygen atoms in total. The maximum absolute atomic E-state index is 11.6. The van der Waals surface area contributed by atoms with Crippen LogP contribution >= 0.6 is 0 Å². The van der Waals surface area contributed by atoms with Gasteiger partial charge in [0.2, 0.25) is 0 Å². The first-order chi connectivity index (χ1) is 11.3. The number of nitrogens with one attached hydrogen (secondary N) is 1. The summed E-state index contributed by atoms with van der Waals surface area (Å²) < 4.78 is 16.2. The molecule has 3 rings (SSSR count). The summed E-state index contributed by atoms with van der Waals surface area (Å²) in [5, 5.41) is 3.90. The molecule has 6 heteroatoms. The zero-order valence-corrected chi connectivity index (χ0v) is 12.4. The van der Waals surface area contributed by atoms with E-state index in [0.717, 1.165) is 5.56 Å². The zero-order valence-electron chi connectivity index (χ0n) is 12.4. The van der Waals surface area contributed by atoms with Crippen LogP contribution in [0.2, 0.25) is 0 Å². The van der Waals surface area contributed by atoms with Crippen molar-refractivity contribution in [3.05, 3.63) is 54.1 Å². The molecular weight excluding hydrogens is 296 g/mol. The monoisotopic (exact) mass is 312 g/mol. The molecule has 1 N–H and O–H groups in total. The molecule has 0 radical (unpaired) electrons. The maximum Gasteiger partial charge on any atom is 0.277 e. The van der Waals surface area contributed by atoms with Crippen molar-refractivity contribution in [3.8, 4) is 17.2 Å². The Morgan fingerprint density at radius 2 is 1.91 bits per heavy atom. The lowest BCUT2D eigenvalue weighted by molar-refractivity contribution is -0.123. The zero-order chi connectivity index (χ0) is 15.9. The van der Waals surface area contributed by atoms with Crippen molar-refractivity contribution >= 4 is 12.1 Å². The minimum atomic E-state index is -0.331. The van der Waals surface area contributed by atoms with Gasteiger partial charge in [0.15, 0.2) is 18.1 Å². The number of rotatable bonds is 5. The predicted molar refractivity (Wildman–Crippen MR) is 85.1 cm³/mol. The van der Waals surface area contributed by atoms with Crippen molar-refractivity contribution in [1.82, 2.24) is 5.43 Å². The number of amides is 1. The highest BCUT2D eigenvalue weighted by Crippen LogP contribution is 2.30. The molecule has 0 unspecified atom stereocenters. The molecule has 0 saturated heterocycles. The van der Waals surface area contributed by atoms with Gasteiger partial charge in [0.05, 0.1) is 6.21 Å². The summed E-state index contributed by atoms with van der Waals surface area (Å²) in [6.45, 7) is 0.988. The molecule has 0 bridgehead atoms. The molecule has 1 amide bonds. The van der Waals surface area contributed by atoms with E-state index in [4.69, 9.17) is 14.2 Å². The van der Waals surface area contributed by atoms with E-state index in [2.05, 4.69) is 10.5 Å². The van der Waals surface area contributed by atoms with Crippen LogP contribution in [0.15, 0.2) is 53.6 Å². The third kappa shape index (κ3) is 4.23. The molecule has 1 heterocycles. The first-order valence-corrected chi connectivity index (χ1v) is 7.21. The molecule has 0 atom stereocenters. The molecular formula is C17H16N2O4. The molecule has 1 aliphatic heterocycles. The van der Waals surface area contributed by atoms with Crippen molar-refractivity contribution in [2.24, 2.45) is 5.10 Å². The minimum absolute atomic E-state index is 0.0947. The molecule has 0 fully saturated rings. The van der Waals surface area contributed by atoms with Crippen LogP contribution in [0.4, 0.5) is 0 Å². The van der Waals surface area contributed by atoms with Gasteiger partial charge in [-0.05, 0) is 35.9 Å². The highest BCUT2D eigenvalue weighted by Gasteiger charge is 2.10. The molecule has 1 aliphatic rings.